The Bertz CT molecular complexity index is 500. The number of aliphatic carboxylic acids is 3. The van der Waals surface area contributed by atoms with E-state index in [0.717, 1.165) is 5.69 Å². The van der Waals surface area contributed by atoms with Crippen LogP contribution >= 0.6 is 9.42 Å². The topological polar surface area (TPSA) is 215 Å². The van der Waals surface area contributed by atoms with Crippen molar-refractivity contribution in [1.82, 2.24) is 9.97 Å². The molecule has 0 aliphatic rings. The summed E-state index contributed by atoms with van der Waals surface area (Å²) in [5.74, 6) is -5.34. The van der Waals surface area contributed by atoms with Crippen molar-refractivity contribution in [3.63, 3.8) is 0 Å². The van der Waals surface area contributed by atoms with Gasteiger partial charge in [0, 0.05) is 6.20 Å². The number of nitrogens with zero attached hydrogens (tertiary/aromatic N) is 2. The Morgan fingerprint density at radius 2 is 1.91 bits per heavy atom. The first-order chi connectivity index (χ1) is 10.6. The molecule has 1 rings (SSSR count). The minimum absolute atomic E-state index is 0.417. The summed E-state index contributed by atoms with van der Waals surface area (Å²) in [6.07, 6.45) is 4.30. The van der Waals surface area contributed by atoms with Crippen molar-refractivity contribution in [3.8, 4) is 0 Å². The number of rotatable bonds is 5. The van der Waals surface area contributed by atoms with E-state index in [1.807, 2.05) is 0 Å². The number of aryl methyl sites for hydroxylation is 1. The molecule has 0 spiro atoms. The van der Waals surface area contributed by atoms with Gasteiger partial charge in [0.2, 0.25) is 0 Å². The molecule has 0 aliphatic heterocycles. The molecule has 23 heavy (non-hydrogen) atoms. The van der Waals surface area contributed by atoms with Gasteiger partial charge in [-0.25, -0.2) is 4.98 Å². The number of H-pyrrole nitrogens is 1. The Kier molecular flexibility index (Phi) is 13.7. The molecule has 132 valence electrons. The van der Waals surface area contributed by atoms with Gasteiger partial charge >= 0.3 is 46.8 Å². The van der Waals surface area contributed by atoms with E-state index in [1.54, 1.807) is 12.5 Å². The molecule has 1 heterocycles. The second-order valence-corrected chi connectivity index (χ2v) is 5.45. The van der Waals surface area contributed by atoms with Crippen LogP contribution in [0, 0.1) is 10.1 Å². The summed E-state index contributed by atoms with van der Waals surface area (Å²) >= 11 is -1.27. The van der Waals surface area contributed by atoms with Crippen LogP contribution < -0.4 is 15.9 Å². The van der Waals surface area contributed by atoms with E-state index < -0.39 is 45.2 Å². The molecule has 1 aromatic rings. The van der Waals surface area contributed by atoms with Gasteiger partial charge in [-0.15, -0.1) is 0 Å². The maximum atomic E-state index is 10.3. The van der Waals surface area contributed by atoms with Crippen molar-refractivity contribution < 1.29 is 51.0 Å². The van der Waals surface area contributed by atoms with Crippen LogP contribution in [0.4, 0.5) is 0 Å². The van der Waals surface area contributed by atoms with Crippen LogP contribution in [0.15, 0.2) is 12.5 Å². The number of nitro groups is 1. The van der Waals surface area contributed by atoms with Crippen LogP contribution in [-0.2, 0) is 38.6 Å². The quantitative estimate of drug-likeness (QED) is 0.194. The fraction of sp³-hybridized carbons (Fsp3) is 0.333. The number of carbonyl (C=O) groups excluding carboxylic acids is 2. The van der Waals surface area contributed by atoms with Gasteiger partial charge in [-0.1, -0.05) is 0 Å². The Hall–Kier alpha value is -2.04. The van der Waals surface area contributed by atoms with Crippen LogP contribution in [0.1, 0.15) is 12.1 Å². The molecule has 0 radical (unpaired) electrons. The van der Waals surface area contributed by atoms with E-state index in [4.69, 9.17) is 50.2 Å². The number of aromatic nitrogens is 2. The van der Waals surface area contributed by atoms with E-state index in [9.17, 15) is 4.79 Å². The molecule has 14 heteroatoms. The second-order valence-electron chi connectivity index (χ2n) is 3.36. The number of nitrogens with one attached hydrogen (secondary N) is 1. The third-order valence-corrected chi connectivity index (χ3v) is 2.82. The zero-order valence-corrected chi connectivity index (χ0v) is 14.1. The number of hydrogen-bond donors (Lipinski definition) is 3. The summed E-state index contributed by atoms with van der Waals surface area (Å²) in [5, 5.41) is 35.4. The molecule has 0 fully saturated rings. The summed E-state index contributed by atoms with van der Waals surface area (Å²) in [5.41, 5.74) is 6.14. The number of imidazole rings is 1. The summed E-state index contributed by atoms with van der Waals surface area (Å²) in [7, 11) is 4.75. The predicted octanol–water partition coefficient (Wildman–Crippen LogP) is -3.35. The third kappa shape index (κ3) is 16.2. The fourth-order valence-electron chi connectivity index (χ4n) is 0.854. The maximum absolute atomic E-state index is 10.3. The van der Waals surface area contributed by atoms with Gasteiger partial charge in [0.05, 0.1) is 24.0 Å². The average molecular weight is 534 g/mol. The van der Waals surface area contributed by atoms with Gasteiger partial charge < -0.3 is 35.6 Å². The van der Waals surface area contributed by atoms with Crippen LogP contribution in [0.5, 0.6) is 0 Å². The Morgan fingerprint density at radius 1 is 1.43 bits per heavy atom. The number of aromatic amines is 1. The van der Waals surface area contributed by atoms with Crippen LogP contribution in [0.25, 0.3) is 0 Å². The molecule has 0 amide bonds. The van der Waals surface area contributed by atoms with Gasteiger partial charge in [0.1, 0.15) is 6.04 Å². The van der Waals surface area contributed by atoms with Crippen LogP contribution in [-0.4, -0.2) is 42.5 Å². The zero-order chi connectivity index (χ0) is 18.4. The number of carboxylic acid groups (broad SMARTS) is 3. The van der Waals surface area contributed by atoms with Crippen molar-refractivity contribution >= 4 is 27.3 Å². The van der Waals surface area contributed by atoms with Crippen molar-refractivity contribution in [2.75, 3.05) is 0 Å². The van der Waals surface area contributed by atoms with Gasteiger partial charge in [-0.2, -0.15) is 0 Å². The Morgan fingerprint density at radius 3 is 2.17 bits per heavy atom. The zero-order valence-electron chi connectivity index (χ0n) is 11.1. The summed E-state index contributed by atoms with van der Waals surface area (Å²) in [4.78, 5) is 44.0. The number of nitrogens with two attached hydrogens (primary N) is 1. The van der Waals surface area contributed by atoms with Gasteiger partial charge in [0.15, 0.2) is 0 Å². The minimum atomic E-state index is -2.19. The molecule has 1 atom stereocenters. The summed E-state index contributed by atoms with van der Waals surface area (Å²) in [6.45, 7) is 0. The Labute approximate surface area is 141 Å². The van der Waals surface area contributed by atoms with Gasteiger partial charge in [-0.05, 0) is 12.8 Å². The number of halogens is 1. The summed E-state index contributed by atoms with van der Waals surface area (Å²) in [6, 6.07) is -0.790. The van der Waals surface area contributed by atoms with E-state index in [0.29, 0.717) is 12.8 Å². The molecule has 1 unspecified atom stereocenters. The predicted molar refractivity (Wildman–Crippen MR) is 65.4 cm³/mol. The molecule has 0 bridgehead atoms. The Balaban J connectivity index is 0. The first kappa shape index (κ1) is 23.2. The first-order valence-electron chi connectivity index (χ1n) is 5.35. The van der Waals surface area contributed by atoms with Gasteiger partial charge in [-0.3, -0.25) is 4.79 Å². The molecule has 0 aromatic carbocycles. The second kappa shape index (κ2) is 13.6. The number of hydrogen-bond acceptors (Lipinski definition) is 9. The van der Waals surface area contributed by atoms with Crippen molar-refractivity contribution in [3.05, 3.63) is 28.3 Å². The number of carbonyl (C=O) groups is 3. The van der Waals surface area contributed by atoms with Gasteiger partial charge in [0.25, 0.3) is 0 Å². The fourth-order valence-corrected chi connectivity index (χ4v) is 0.854. The summed E-state index contributed by atoms with van der Waals surface area (Å²) < 4.78 is -0.498. The molecule has 1 aromatic heterocycles. The number of carboxylic acids is 3. The monoisotopic (exact) mass is 533 g/mol. The standard InChI is InChI=1S/C7H11N3O2.C2H2O4.ClH.NO2.Pt/c8-6(7(11)12)2-1-5-3-9-4-10-5;3-1(4)2(5)6;;2-1-3;/h3-4,6H,1-2,8H2,(H,9,10)(H,11,12);(H,3,4)(H,5,6);1H;;/q;;;;+3/p-3. The van der Waals surface area contributed by atoms with Crippen LogP contribution in [0.2, 0.25) is 0 Å². The first-order valence-corrected chi connectivity index (χ1v) is 9.18. The van der Waals surface area contributed by atoms with Crippen molar-refractivity contribution in [1.29, 1.82) is 0 Å². The van der Waals surface area contributed by atoms with E-state index in [2.05, 4.69) is 9.97 Å². The molecule has 12 nitrogen and oxygen atoms in total. The molecular weight excluding hydrogens is 523 g/mol. The van der Waals surface area contributed by atoms with E-state index in [1.165, 1.54) is 0 Å². The molecule has 0 aliphatic carbocycles. The normalized spacial score (nSPS) is 10.3. The van der Waals surface area contributed by atoms with Crippen molar-refractivity contribution in [2.45, 2.75) is 18.9 Å². The molecule has 4 N–H and O–H groups in total. The molecular formula is C9H11ClN4O8Pt. The van der Waals surface area contributed by atoms with E-state index in [-0.39, 0.29) is 0 Å². The molecule has 0 saturated heterocycles. The average Bonchev–Trinajstić information content (AvgIpc) is 2.99. The van der Waals surface area contributed by atoms with Crippen LogP contribution in [0.3, 0.4) is 0 Å². The van der Waals surface area contributed by atoms with Crippen molar-refractivity contribution in [2.24, 2.45) is 5.73 Å². The van der Waals surface area contributed by atoms with E-state index >= 15 is 0 Å². The SMILES string of the molecule is NC(CCc1c[nH]cn1)C(=O)O.O=C([O-])C(=O)[O-].O=[N+]([O-])[Pt+2][Cl]. The molecule has 0 saturated carbocycles. The third-order valence-electron chi connectivity index (χ3n) is 1.79.